The fourth-order valence-corrected chi connectivity index (χ4v) is 3.00. The fraction of sp³-hybridized carbons (Fsp3) is 0.222. The molecule has 0 saturated heterocycles. The van der Waals surface area contributed by atoms with Crippen LogP contribution in [0.5, 0.6) is 0 Å². The van der Waals surface area contributed by atoms with Gasteiger partial charge in [-0.15, -0.1) is 10.2 Å². The fourth-order valence-electron chi connectivity index (χ4n) is 2.14. The number of amides is 1. The molecule has 0 spiro atoms. The third kappa shape index (κ3) is 5.44. The maximum Gasteiger partial charge on any atom is 0.350 e. The molecule has 1 aromatic heterocycles. The Hall–Kier alpha value is -3.67. The molecule has 0 unspecified atom stereocenters. The number of aryl methyl sites for hydroxylation is 1. The van der Waals surface area contributed by atoms with Crippen molar-refractivity contribution in [3.8, 4) is 0 Å². The first-order valence-electron chi connectivity index (χ1n) is 8.44. The summed E-state index contributed by atoms with van der Waals surface area (Å²) in [6.07, 6.45) is 0. The molecular weight excluding hydrogens is 419 g/mol. The number of hydrogen-bond acceptors (Lipinski definition) is 9. The number of aliphatic hydroxyl groups excluding tert-OH is 1. The van der Waals surface area contributed by atoms with E-state index in [1.165, 1.54) is 6.92 Å². The van der Waals surface area contributed by atoms with Gasteiger partial charge in [-0.3, -0.25) is 10.1 Å². The van der Waals surface area contributed by atoms with Gasteiger partial charge < -0.3 is 14.9 Å². The zero-order valence-electron chi connectivity index (χ0n) is 16.1. The monoisotopic (exact) mass is 436 g/mol. The van der Waals surface area contributed by atoms with Crippen molar-refractivity contribution in [1.29, 1.82) is 0 Å². The van der Waals surface area contributed by atoms with Gasteiger partial charge in [0.2, 0.25) is 0 Å². The number of nitrogens with one attached hydrogen (secondary N) is 1. The van der Waals surface area contributed by atoms with E-state index < -0.39 is 40.7 Å². The zero-order valence-corrected chi connectivity index (χ0v) is 16.9. The number of azo groups is 1. The Morgan fingerprint density at radius 1 is 1.30 bits per heavy atom. The average molecular weight is 436 g/mol. The number of aromatic carboxylic acids is 1. The highest BCUT2D eigenvalue weighted by atomic mass is 32.1. The average Bonchev–Trinajstić information content (AvgIpc) is 3.02. The van der Waals surface area contributed by atoms with Crippen LogP contribution in [-0.2, 0) is 9.53 Å². The Bertz CT molecular complexity index is 1060. The number of ether oxygens (including phenoxy) is 1. The van der Waals surface area contributed by atoms with Crippen LogP contribution in [0.15, 0.2) is 39.9 Å². The first kappa shape index (κ1) is 22.6. The number of carboxylic acid groups (broad SMARTS) is 1. The molecule has 2 aromatic rings. The topological polar surface area (TPSA) is 151 Å². The molecule has 158 valence electrons. The number of nitrogens with zero attached hydrogens (tertiary/aromatic N) is 3. The van der Waals surface area contributed by atoms with Crippen LogP contribution >= 0.6 is 11.3 Å². The summed E-state index contributed by atoms with van der Waals surface area (Å²) in [5.41, 5.74) is -0.867. The lowest BCUT2D eigenvalue weighted by Crippen LogP contribution is -2.14. The van der Waals surface area contributed by atoms with E-state index in [1.807, 2.05) is 0 Å². The first-order chi connectivity index (χ1) is 14.1. The minimum atomic E-state index is -1.44. The van der Waals surface area contributed by atoms with E-state index in [4.69, 9.17) is 9.84 Å². The van der Waals surface area contributed by atoms with E-state index in [9.17, 15) is 23.9 Å². The van der Waals surface area contributed by atoms with Gasteiger partial charge in [0.25, 0.3) is 5.91 Å². The zero-order chi connectivity index (χ0) is 22.4. The van der Waals surface area contributed by atoms with E-state index in [0.717, 1.165) is 29.5 Å². The van der Waals surface area contributed by atoms with Gasteiger partial charge in [-0.25, -0.2) is 19.0 Å². The Morgan fingerprint density at radius 2 is 2.00 bits per heavy atom. The van der Waals surface area contributed by atoms with Crippen LogP contribution in [0.4, 0.5) is 15.2 Å². The van der Waals surface area contributed by atoms with Gasteiger partial charge in [-0.2, -0.15) is 0 Å². The summed E-state index contributed by atoms with van der Waals surface area (Å²) in [6, 6.07) is 2.80. The van der Waals surface area contributed by atoms with E-state index >= 15 is 0 Å². The lowest BCUT2D eigenvalue weighted by Gasteiger charge is -2.04. The van der Waals surface area contributed by atoms with Gasteiger partial charge in [0.1, 0.15) is 22.1 Å². The summed E-state index contributed by atoms with van der Waals surface area (Å²) >= 11 is 0.874. The van der Waals surface area contributed by atoms with Gasteiger partial charge >= 0.3 is 11.9 Å². The van der Waals surface area contributed by atoms with Crippen LogP contribution in [0.3, 0.4) is 0 Å². The van der Waals surface area contributed by atoms with Crippen LogP contribution < -0.4 is 5.32 Å². The highest BCUT2D eigenvalue weighted by Gasteiger charge is 2.20. The van der Waals surface area contributed by atoms with Gasteiger partial charge in [0, 0.05) is 0 Å². The van der Waals surface area contributed by atoms with Gasteiger partial charge in [-0.1, -0.05) is 11.3 Å². The van der Waals surface area contributed by atoms with Crippen molar-refractivity contribution in [2.24, 2.45) is 10.2 Å². The second-order valence-corrected chi connectivity index (χ2v) is 6.71. The molecule has 12 heteroatoms. The predicted molar refractivity (Wildman–Crippen MR) is 105 cm³/mol. The first-order valence-corrected chi connectivity index (χ1v) is 9.26. The molecule has 0 saturated carbocycles. The number of aliphatic hydroxyl groups is 1. The van der Waals surface area contributed by atoms with Crippen molar-refractivity contribution in [2.75, 3.05) is 11.9 Å². The van der Waals surface area contributed by atoms with Crippen LogP contribution in [0, 0.1) is 12.7 Å². The van der Waals surface area contributed by atoms with E-state index in [0.29, 0.717) is 5.69 Å². The third-order valence-electron chi connectivity index (χ3n) is 3.48. The van der Waals surface area contributed by atoms with Crippen molar-refractivity contribution in [2.45, 2.75) is 20.8 Å². The Labute approximate surface area is 173 Å². The number of carbonyl (C=O) groups excluding carboxylic acids is 2. The summed E-state index contributed by atoms with van der Waals surface area (Å²) in [5.74, 6) is -4.21. The molecule has 0 aliphatic rings. The lowest BCUT2D eigenvalue weighted by molar-refractivity contribution is -0.113. The van der Waals surface area contributed by atoms with Crippen molar-refractivity contribution in [3.05, 3.63) is 51.6 Å². The van der Waals surface area contributed by atoms with Crippen molar-refractivity contribution >= 4 is 40.0 Å². The molecule has 1 heterocycles. The molecule has 3 N–H and O–H groups in total. The van der Waals surface area contributed by atoms with Crippen LogP contribution in [-0.4, -0.2) is 39.6 Å². The minimum Gasteiger partial charge on any atom is -0.510 e. The predicted octanol–water partition coefficient (Wildman–Crippen LogP) is 3.98. The van der Waals surface area contributed by atoms with Crippen molar-refractivity contribution in [1.82, 2.24) is 4.98 Å². The largest absolute Gasteiger partial charge is 0.510 e. The van der Waals surface area contributed by atoms with Gasteiger partial charge in [0.15, 0.2) is 10.8 Å². The second kappa shape index (κ2) is 9.69. The standard InChI is InChI=1S/C18H17FN4O6S/c1-4-29-17(28)14-8(2)20-18(30-14)21-15(25)13(9(3)24)23-22-12-6-5-10(19)7-11(12)16(26)27/h5-7,24H,4H2,1-3H3,(H,26,27)(H,20,21,25). The van der Waals surface area contributed by atoms with E-state index in [2.05, 4.69) is 20.5 Å². The number of aromatic nitrogens is 1. The molecule has 0 aliphatic carbocycles. The Balaban J connectivity index is 2.26. The molecule has 1 aromatic carbocycles. The normalized spacial score (nSPS) is 11.9. The Kier molecular flexibility index (Phi) is 7.31. The highest BCUT2D eigenvalue weighted by Crippen LogP contribution is 2.25. The smallest absolute Gasteiger partial charge is 0.350 e. The molecule has 0 atom stereocenters. The van der Waals surface area contributed by atoms with Gasteiger partial charge in [0.05, 0.1) is 17.9 Å². The summed E-state index contributed by atoms with van der Waals surface area (Å²) in [4.78, 5) is 39.8. The number of carboxylic acids is 1. The number of benzene rings is 1. The summed E-state index contributed by atoms with van der Waals surface area (Å²) in [7, 11) is 0. The van der Waals surface area contributed by atoms with E-state index in [-0.39, 0.29) is 22.3 Å². The molecule has 2 rings (SSSR count). The highest BCUT2D eigenvalue weighted by molar-refractivity contribution is 7.17. The molecule has 10 nitrogen and oxygen atoms in total. The number of carbonyl (C=O) groups is 3. The summed E-state index contributed by atoms with van der Waals surface area (Å²) < 4.78 is 18.2. The van der Waals surface area contributed by atoms with Crippen LogP contribution in [0.1, 0.15) is 39.6 Å². The van der Waals surface area contributed by atoms with E-state index in [1.54, 1.807) is 13.8 Å². The molecule has 0 fully saturated rings. The number of esters is 1. The number of allylic oxidation sites excluding steroid dienone is 1. The molecule has 0 bridgehead atoms. The minimum absolute atomic E-state index is 0.0579. The maximum atomic E-state index is 13.3. The number of rotatable bonds is 7. The SMILES string of the molecule is CCOC(=O)c1sc(NC(=O)C(N=Nc2ccc(F)cc2C(=O)O)=C(C)O)nc1C. The quantitative estimate of drug-likeness (QED) is 0.257. The third-order valence-corrected chi connectivity index (χ3v) is 4.54. The molecular formula is C18H17FN4O6S. The van der Waals surface area contributed by atoms with Crippen molar-refractivity contribution in [3.63, 3.8) is 0 Å². The lowest BCUT2D eigenvalue weighted by atomic mass is 10.2. The summed E-state index contributed by atoms with van der Waals surface area (Å²) in [6.45, 7) is 4.57. The number of thiazole rings is 1. The number of halogens is 1. The second-order valence-electron chi connectivity index (χ2n) is 5.71. The molecule has 30 heavy (non-hydrogen) atoms. The number of hydrogen-bond donors (Lipinski definition) is 3. The van der Waals surface area contributed by atoms with Gasteiger partial charge in [-0.05, 0) is 39.0 Å². The Morgan fingerprint density at radius 3 is 2.60 bits per heavy atom. The molecule has 0 aliphatic heterocycles. The van der Waals surface area contributed by atoms with Crippen LogP contribution in [0.25, 0.3) is 0 Å². The number of anilines is 1. The summed E-state index contributed by atoms with van der Waals surface area (Å²) in [5, 5.41) is 28.6. The van der Waals surface area contributed by atoms with Crippen LogP contribution in [0.2, 0.25) is 0 Å². The van der Waals surface area contributed by atoms with Crippen molar-refractivity contribution < 1.29 is 33.7 Å². The maximum absolute atomic E-state index is 13.3. The molecule has 1 amide bonds. The molecule has 0 radical (unpaired) electrons.